The minimum absolute atomic E-state index is 0.0267. The molecule has 0 aliphatic heterocycles. The summed E-state index contributed by atoms with van der Waals surface area (Å²) < 4.78 is 32.5. The summed E-state index contributed by atoms with van der Waals surface area (Å²) in [4.78, 5) is 0. The summed E-state index contributed by atoms with van der Waals surface area (Å²) in [5.74, 6) is -1.16. The average molecular weight is 322 g/mol. The molecule has 0 fully saturated rings. The number of benzene rings is 1. The third-order valence-electron chi connectivity index (χ3n) is 2.40. The van der Waals surface area contributed by atoms with Gasteiger partial charge in [-0.1, -0.05) is 13.8 Å². The first-order valence-electron chi connectivity index (χ1n) is 5.96. The van der Waals surface area contributed by atoms with E-state index in [2.05, 4.69) is 35.1 Å². The lowest BCUT2D eigenvalue weighted by Gasteiger charge is -2.09. The third kappa shape index (κ3) is 5.00. The highest BCUT2D eigenvalue weighted by Crippen LogP contribution is 2.22. The van der Waals surface area contributed by atoms with Gasteiger partial charge in [-0.3, -0.25) is 0 Å². The van der Waals surface area contributed by atoms with E-state index in [9.17, 15) is 8.78 Å². The van der Waals surface area contributed by atoms with Crippen LogP contribution in [0, 0.1) is 11.6 Å². The van der Waals surface area contributed by atoms with Crippen molar-refractivity contribution in [3.8, 4) is 0 Å². The second-order valence-corrected chi connectivity index (χ2v) is 5.19. The molecule has 1 rings (SSSR count). The molecule has 18 heavy (non-hydrogen) atoms. The highest BCUT2D eigenvalue weighted by atomic mass is 79.9. The highest BCUT2D eigenvalue weighted by Gasteiger charge is 2.12. The summed E-state index contributed by atoms with van der Waals surface area (Å²) >= 11 is 3.02. The van der Waals surface area contributed by atoms with Crippen LogP contribution in [0.25, 0.3) is 0 Å². The standard InChI is InChI=1S/C13H18BrF2NO/c1-9(2)17-6-3-7-18-8-10-12(15)5-4-11(14)13(10)16/h4-5,9,17H,3,6-8H2,1-2H3. The summed E-state index contributed by atoms with van der Waals surface area (Å²) in [5.41, 5.74) is -0.0267. The van der Waals surface area contributed by atoms with Crippen LogP contribution in [0.1, 0.15) is 25.8 Å². The fourth-order valence-electron chi connectivity index (χ4n) is 1.44. The largest absolute Gasteiger partial charge is 0.376 e. The van der Waals surface area contributed by atoms with E-state index in [-0.39, 0.29) is 16.6 Å². The first-order valence-corrected chi connectivity index (χ1v) is 6.75. The smallest absolute Gasteiger partial charge is 0.145 e. The zero-order valence-corrected chi connectivity index (χ0v) is 12.2. The average Bonchev–Trinajstić information content (AvgIpc) is 2.32. The van der Waals surface area contributed by atoms with Gasteiger partial charge in [0, 0.05) is 12.6 Å². The van der Waals surface area contributed by atoms with Crippen LogP contribution in [0.3, 0.4) is 0 Å². The Hall–Kier alpha value is -0.520. The van der Waals surface area contributed by atoms with E-state index in [4.69, 9.17) is 4.74 Å². The Bertz CT molecular complexity index is 385. The van der Waals surface area contributed by atoms with Crippen molar-refractivity contribution in [2.24, 2.45) is 0 Å². The molecule has 1 aromatic rings. The van der Waals surface area contributed by atoms with Crippen molar-refractivity contribution in [3.63, 3.8) is 0 Å². The van der Waals surface area contributed by atoms with Crippen LogP contribution in [0.5, 0.6) is 0 Å². The van der Waals surface area contributed by atoms with E-state index >= 15 is 0 Å². The summed E-state index contributed by atoms with van der Waals surface area (Å²) in [5, 5.41) is 3.24. The molecule has 2 nitrogen and oxygen atoms in total. The van der Waals surface area contributed by atoms with Gasteiger partial charge in [0.05, 0.1) is 16.6 Å². The van der Waals surface area contributed by atoms with Crippen LogP contribution >= 0.6 is 15.9 Å². The molecule has 0 spiro atoms. The third-order valence-corrected chi connectivity index (χ3v) is 3.02. The molecule has 5 heteroatoms. The van der Waals surface area contributed by atoms with Gasteiger partial charge in [-0.15, -0.1) is 0 Å². The van der Waals surface area contributed by atoms with Crippen LogP contribution in [0.15, 0.2) is 16.6 Å². The molecule has 0 aliphatic carbocycles. The van der Waals surface area contributed by atoms with Gasteiger partial charge < -0.3 is 10.1 Å². The van der Waals surface area contributed by atoms with Crippen molar-refractivity contribution in [1.29, 1.82) is 0 Å². The minimum atomic E-state index is -0.588. The van der Waals surface area contributed by atoms with Gasteiger partial charge >= 0.3 is 0 Å². The van der Waals surface area contributed by atoms with Crippen LogP contribution in [0.2, 0.25) is 0 Å². The molecule has 0 atom stereocenters. The van der Waals surface area contributed by atoms with Crippen LogP contribution < -0.4 is 5.32 Å². The van der Waals surface area contributed by atoms with E-state index in [1.165, 1.54) is 12.1 Å². The number of rotatable bonds is 7. The zero-order chi connectivity index (χ0) is 13.5. The minimum Gasteiger partial charge on any atom is -0.376 e. The number of halogens is 3. The number of hydrogen-bond donors (Lipinski definition) is 1. The quantitative estimate of drug-likeness (QED) is 0.611. The molecule has 0 aromatic heterocycles. The Morgan fingerprint density at radius 3 is 2.72 bits per heavy atom. The molecule has 0 radical (unpaired) electrons. The van der Waals surface area contributed by atoms with Gasteiger partial charge in [0.15, 0.2) is 0 Å². The molecule has 102 valence electrons. The first-order chi connectivity index (χ1) is 8.52. The predicted molar refractivity (Wildman–Crippen MR) is 71.5 cm³/mol. The van der Waals surface area contributed by atoms with Crippen LogP contribution in [-0.4, -0.2) is 19.2 Å². The zero-order valence-electron chi connectivity index (χ0n) is 10.6. The molecule has 0 bridgehead atoms. The molecule has 0 unspecified atom stereocenters. The van der Waals surface area contributed by atoms with Crippen molar-refractivity contribution >= 4 is 15.9 Å². The van der Waals surface area contributed by atoms with Crippen LogP contribution in [0.4, 0.5) is 8.78 Å². The maximum absolute atomic E-state index is 13.6. The van der Waals surface area contributed by atoms with Gasteiger partial charge in [-0.05, 0) is 41.0 Å². The highest BCUT2D eigenvalue weighted by molar-refractivity contribution is 9.10. The van der Waals surface area contributed by atoms with E-state index in [1.807, 2.05) is 0 Å². The van der Waals surface area contributed by atoms with E-state index in [0.717, 1.165) is 13.0 Å². The lowest BCUT2D eigenvalue weighted by Crippen LogP contribution is -2.24. The van der Waals surface area contributed by atoms with E-state index in [0.29, 0.717) is 12.6 Å². The van der Waals surface area contributed by atoms with Gasteiger partial charge in [0.2, 0.25) is 0 Å². The lowest BCUT2D eigenvalue weighted by molar-refractivity contribution is 0.113. The van der Waals surface area contributed by atoms with E-state index in [1.54, 1.807) is 0 Å². The molecule has 0 saturated heterocycles. The number of hydrogen-bond acceptors (Lipinski definition) is 2. The Balaban J connectivity index is 2.33. The normalized spacial score (nSPS) is 11.2. The monoisotopic (exact) mass is 321 g/mol. The fraction of sp³-hybridized carbons (Fsp3) is 0.538. The fourth-order valence-corrected chi connectivity index (χ4v) is 1.81. The summed E-state index contributed by atoms with van der Waals surface area (Å²) in [7, 11) is 0. The van der Waals surface area contributed by atoms with Crippen molar-refractivity contribution in [1.82, 2.24) is 5.32 Å². The Kier molecular flexibility index (Phi) is 6.75. The molecular weight excluding hydrogens is 304 g/mol. The Morgan fingerprint density at radius 1 is 1.33 bits per heavy atom. The molecule has 1 aromatic carbocycles. The van der Waals surface area contributed by atoms with Crippen LogP contribution in [-0.2, 0) is 11.3 Å². The van der Waals surface area contributed by atoms with Gasteiger partial charge in [-0.25, -0.2) is 8.78 Å². The number of nitrogens with one attached hydrogen (secondary N) is 1. The van der Waals surface area contributed by atoms with Crippen molar-refractivity contribution in [3.05, 3.63) is 33.8 Å². The number of ether oxygens (including phenoxy) is 1. The van der Waals surface area contributed by atoms with Crippen molar-refractivity contribution in [2.45, 2.75) is 32.9 Å². The summed E-state index contributed by atoms with van der Waals surface area (Å²) in [6.07, 6.45) is 0.815. The van der Waals surface area contributed by atoms with Crippen molar-refractivity contribution in [2.75, 3.05) is 13.2 Å². The van der Waals surface area contributed by atoms with Gasteiger partial charge in [0.25, 0.3) is 0 Å². The SMILES string of the molecule is CC(C)NCCCOCc1c(F)ccc(Br)c1F. The van der Waals surface area contributed by atoms with Gasteiger partial charge in [0.1, 0.15) is 11.6 Å². The van der Waals surface area contributed by atoms with Crippen molar-refractivity contribution < 1.29 is 13.5 Å². The molecule has 0 heterocycles. The second kappa shape index (κ2) is 7.81. The van der Waals surface area contributed by atoms with E-state index < -0.39 is 11.6 Å². The first kappa shape index (κ1) is 15.5. The molecule has 0 aliphatic rings. The predicted octanol–water partition coefficient (Wildman–Crippen LogP) is 3.63. The molecule has 1 N–H and O–H groups in total. The second-order valence-electron chi connectivity index (χ2n) is 4.34. The Morgan fingerprint density at radius 2 is 2.06 bits per heavy atom. The summed E-state index contributed by atoms with van der Waals surface area (Å²) in [6, 6.07) is 3.01. The molecule has 0 saturated carbocycles. The maximum Gasteiger partial charge on any atom is 0.145 e. The topological polar surface area (TPSA) is 21.3 Å². The molecular formula is C13H18BrF2NO. The summed E-state index contributed by atoms with van der Waals surface area (Å²) in [6.45, 7) is 5.39. The van der Waals surface area contributed by atoms with Gasteiger partial charge in [-0.2, -0.15) is 0 Å². The Labute approximate surface area is 115 Å². The maximum atomic E-state index is 13.6. The molecule has 0 amide bonds. The lowest BCUT2D eigenvalue weighted by atomic mass is 10.2.